The highest BCUT2D eigenvalue weighted by atomic mass is 19.1. The van der Waals surface area contributed by atoms with Gasteiger partial charge >= 0.3 is 0 Å². The summed E-state index contributed by atoms with van der Waals surface area (Å²) in [4.78, 5) is 51.4. The number of carbonyl (C=O) groups is 4. The predicted octanol–water partition coefficient (Wildman–Crippen LogP) is 1.60. The minimum absolute atomic E-state index is 0.0861. The van der Waals surface area contributed by atoms with Crippen LogP contribution in [0, 0.1) is 23.6 Å². The molecule has 1 aliphatic carbocycles. The van der Waals surface area contributed by atoms with E-state index in [4.69, 9.17) is 0 Å². The molecule has 3 amide bonds. The normalized spacial score (nSPS) is 27.7. The minimum atomic E-state index is -0.749. The summed E-state index contributed by atoms with van der Waals surface area (Å²) in [7, 11) is 0. The number of nitrogens with zero attached hydrogens (tertiary/aromatic N) is 1. The van der Waals surface area contributed by atoms with Gasteiger partial charge in [-0.05, 0) is 61.6 Å². The zero-order chi connectivity index (χ0) is 22.7. The SMILES string of the molecule is O=C[C@H](C[C@@H]1CCNC1=O)NC(=O)C1[C@H]2CCC[C@H]2CN1C(=O)CCc1cccc(F)c1. The van der Waals surface area contributed by atoms with Crippen molar-refractivity contribution in [1.29, 1.82) is 0 Å². The molecule has 0 radical (unpaired) electrons. The van der Waals surface area contributed by atoms with Gasteiger partial charge in [-0.2, -0.15) is 0 Å². The lowest BCUT2D eigenvalue weighted by Gasteiger charge is -2.28. The zero-order valence-electron chi connectivity index (χ0n) is 18.1. The second-order valence-corrected chi connectivity index (χ2v) is 9.24. The number of fused-ring (bicyclic) bond motifs is 1. The highest BCUT2D eigenvalue weighted by molar-refractivity contribution is 5.90. The van der Waals surface area contributed by atoms with Crippen LogP contribution in [0.1, 0.15) is 44.1 Å². The molecule has 4 rings (SSSR count). The fourth-order valence-electron chi connectivity index (χ4n) is 5.58. The van der Waals surface area contributed by atoms with Crippen LogP contribution in [0.5, 0.6) is 0 Å². The van der Waals surface area contributed by atoms with Crippen LogP contribution in [0.3, 0.4) is 0 Å². The molecule has 2 heterocycles. The topological polar surface area (TPSA) is 95.6 Å². The molecule has 2 N–H and O–H groups in total. The molecule has 1 aromatic carbocycles. The summed E-state index contributed by atoms with van der Waals surface area (Å²) in [5.74, 6) is -0.752. The summed E-state index contributed by atoms with van der Waals surface area (Å²) in [6.45, 7) is 1.13. The predicted molar refractivity (Wildman–Crippen MR) is 115 cm³/mol. The molecule has 0 bridgehead atoms. The maximum Gasteiger partial charge on any atom is 0.243 e. The number of benzene rings is 1. The van der Waals surface area contributed by atoms with Gasteiger partial charge in [0.1, 0.15) is 18.1 Å². The van der Waals surface area contributed by atoms with E-state index in [-0.39, 0.29) is 48.2 Å². The molecule has 32 heavy (non-hydrogen) atoms. The average molecular weight is 444 g/mol. The Morgan fingerprint density at radius 2 is 2.12 bits per heavy atom. The maximum atomic E-state index is 13.4. The van der Waals surface area contributed by atoms with E-state index < -0.39 is 12.1 Å². The number of aryl methyl sites for hydroxylation is 1. The molecule has 2 saturated heterocycles. The van der Waals surface area contributed by atoms with Gasteiger partial charge in [-0.1, -0.05) is 18.6 Å². The van der Waals surface area contributed by atoms with Crippen LogP contribution >= 0.6 is 0 Å². The Hall–Kier alpha value is -2.77. The van der Waals surface area contributed by atoms with Gasteiger partial charge in [-0.15, -0.1) is 0 Å². The van der Waals surface area contributed by atoms with Crippen LogP contribution in [-0.2, 0) is 25.6 Å². The summed E-state index contributed by atoms with van der Waals surface area (Å²) >= 11 is 0. The summed E-state index contributed by atoms with van der Waals surface area (Å²) in [6.07, 6.45) is 5.11. The number of likely N-dealkylation sites (tertiary alicyclic amines) is 1. The quantitative estimate of drug-likeness (QED) is 0.597. The summed E-state index contributed by atoms with van der Waals surface area (Å²) in [5, 5.41) is 5.55. The molecule has 3 fully saturated rings. The van der Waals surface area contributed by atoms with E-state index in [0.29, 0.717) is 38.1 Å². The Morgan fingerprint density at radius 3 is 2.84 bits per heavy atom. The lowest BCUT2D eigenvalue weighted by Crippen LogP contribution is -2.52. The Morgan fingerprint density at radius 1 is 1.28 bits per heavy atom. The van der Waals surface area contributed by atoms with Gasteiger partial charge in [0.15, 0.2) is 0 Å². The van der Waals surface area contributed by atoms with E-state index >= 15 is 0 Å². The highest BCUT2D eigenvalue weighted by Crippen LogP contribution is 2.42. The molecule has 1 saturated carbocycles. The number of halogens is 1. The van der Waals surface area contributed by atoms with Crippen LogP contribution < -0.4 is 10.6 Å². The van der Waals surface area contributed by atoms with Gasteiger partial charge in [-0.25, -0.2) is 4.39 Å². The Labute approximate surface area is 187 Å². The number of nitrogens with one attached hydrogen (secondary N) is 2. The molecule has 0 spiro atoms. The fourth-order valence-corrected chi connectivity index (χ4v) is 5.58. The molecular weight excluding hydrogens is 413 g/mol. The molecule has 172 valence electrons. The van der Waals surface area contributed by atoms with E-state index in [1.807, 2.05) is 0 Å². The third-order valence-electron chi connectivity index (χ3n) is 7.19. The van der Waals surface area contributed by atoms with Crippen molar-refractivity contribution >= 4 is 24.0 Å². The van der Waals surface area contributed by atoms with Gasteiger partial charge in [0.2, 0.25) is 17.7 Å². The third-order valence-corrected chi connectivity index (χ3v) is 7.19. The molecule has 1 aromatic rings. The monoisotopic (exact) mass is 443 g/mol. The Kier molecular flexibility index (Phi) is 6.86. The molecule has 5 atom stereocenters. The molecule has 1 unspecified atom stereocenters. The minimum Gasteiger partial charge on any atom is -0.356 e. The highest BCUT2D eigenvalue weighted by Gasteiger charge is 2.49. The smallest absolute Gasteiger partial charge is 0.243 e. The van der Waals surface area contributed by atoms with Gasteiger partial charge in [-0.3, -0.25) is 14.4 Å². The summed E-state index contributed by atoms with van der Waals surface area (Å²) < 4.78 is 13.4. The van der Waals surface area contributed by atoms with Crippen molar-refractivity contribution < 1.29 is 23.6 Å². The van der Waals surface area contributed by atoms with E-state index in [1.165, 1.54) is 12.1 Å². The number of hydrogen-bond acceptors (Lipinski definition) is 4. The fraction of sp³-hybridized carbons (Fsp3) is 0.583. The third kappa shape index (κ3) is 4.84. The Balaban J connectivity index is 1.41. The van der Waals surface area contributed by atoms with Crippen LogP contribution in [0.15, 0.2) is 24.3 Å². The number of rotatable bonds is 8. The number of aldehydes is 1. The van der Waals surface area contributed by atoms with Crippen molar-refractivity contribution in [2.45, 2.75) is 57.0 Å². The van der Waals surface area contributed by atoms with Crippen molar-refractivity contribution in [2.24, 2.45) is 17.8 Å². The standard InChI is InChI=1S/C24H30FN3O4/c25-18-5-1-3-15(11-18)7-8-21(30)28-13-17-4-2-6-20(17)22(28)24(32)27-19(14-29)12-16-9-10-26-23(16)31/h1,3,5,11,14,16-17,19-20,22H,2,4,6-10,12-13H2,(H,26,31)(H,27,32)/t16-,17-,19-,20-,22?/m0/s1. The van der Waals surface area contributed by atoms with E-state index in [9.17, 15) is 23.6 Å². The molecular formula is C24H30FN3O4. The van der Waals surface area contributed by atoms with Crippen LogP contribution in [-0.4, -0.2) is 54.1 Å². The molecule has 8 heteroatoms. The van der Waals surface area contributed by atoms with Gasteiger partial charge in [0.25, 0.3) is 0 Å². The Bertz CT molecular complexity index is 892. The number of amides is 3. The van der Waals surface area contributed by atoms with Crippen LogP contribution in [0.2, 0.25) is 0 Å². The first kappa shape index (κ1) is 22.4. The van der Waals surface area contributed by atoms with Crippen molar-refractivity contribution in [3.05, 3.63) is 35.6 Å². The first-order chi connectivity index (χ1) is 15.5. The van der Waals surface area contributed by atoms with E-state index in [1.54, 1.807) is 17.0 Å². The van der Waals surface area contributed by atoms with Crippen molar-refractivity contribution in [3.63, 3.8) is 0 Å². The molecule has 3 aliphatic rings. The number of hydrogen-bond donors (Lipinski definition) is 2. The summed E-state index contributed by atoms with van der Waals surface area (Å²) in [6, 6.07) is 4.85. The van der Waals surface area contributed by atoms with Crippen LogP contribution in [0.4, 0.5) is 4.39 Å². The van der Waals surface area contributed by atoms with Crippen molar-refractivity contribution in [3.8, 4) is 0 Å². The van der Waals surface area contributed by atoms with Gasteiger partial charge in [0.05, 0.1) is 6.04 Å². The van der Waals surface area contributed by atoms with E-state index in [2.05, 4.69) is 10.6 Å². The second-order valence-electron chi connectivity index (χ2n) is 9.24. The first-order valence-corrected chi connectivity index (χ1v) is 11.5. The van der Waals surface area contributed by atoms with Crippen molar-refractivity contribution in [2.75, 3.05) is 13.1 Å². The molecule has 0 aromatic heterocycles. The van der Waals surface area contributed by atoms with Gasteiger partial charge < -0.3 is 20.3 Å². The molecule has 7 nitrogen and oxygen atoms in total. The molecule has 2 aliphatic heterocycles. The van der Waals surface area contributed by atoms with Gasteiger partial charge in [0, 0.05) is 25.4 Å². The van der Waals surface area contributed by atoms with E-state index in [0.717, 1.165) is 24.8 Å². The lowest BCUT2D eigenvalue weighted by atomic mass is 9.92. The second kappa shape index (κ2) is 9.79. The van der Waals surface area contributed by atoms with Crippen LogP contribution in [0.25, 0.3) is 0 Å². The first-order valence-electron chi connectivity index (χ1n) is 11.5. The lowest BCUT2D eigenvalue weighted by molar-refractivity contribution is -0.140. The zero-order valence-corrected chi connectivity index (χ0v) is 18.1. The number of carbonyl (C=O) groups excluding carboxylic acids is 4. The van der Waals surface area contributed by atoms with Crippen molar-refractivity contribution in [1.82, 2.24) is 15.5 Å². The maximum absolute atomic E-state index is 13.4. The summed E-state index contributed by atoms with van der Waals surface area (Å²) in [5.41, 5.74) is 0.745. The largest absolute Gasteiger partial charge is 0.356 e. The average Bonchev–Trinajstić information content (AvgIpc) is 3.47.